The van der Waals surface area contributed by atoms with Crippen LogP contribution < -0.4 is 21.5 Å². The van der Waals surface area contributed by atoms with E-state index in [0.717, 1.165) is 13.0 Å². The number of carbonyl (C=O) groups is 3. The number of hydrogen-bond acceptors (Lipinski definition) is 9. The van der Waals surface area contributed by atoms with E-state index in [2.05, 4.69) is 25.0 Å². The van der Waals surface area contributed by atoms with Crippen molar-refractivity contribution in [2.75, 3.05) is 23.4 Å². The SMILES string of the molecule is CC(=O)O[C@@H](C(=O)Nc1ccc(-c2nc(=O)o[nH]2)c(F)c1)[C@H]1OCCN(c2ccc3[nH]c(=O)ccc3c2)C1=O. The number of aromatic amines is 2. The molecule has 0 spiro atoms. The van der Waals surface area contributed by atoms with Crippen LogP contribution in [0.1, 0.15) is 6.92 Å². The van der Waals surface area contributed by atoms with Gasteiger partial charge in [0.2, 0.25) is 11.7 Å². The summed E-state index contributed by atoms with van der Waals surface area (Å²) in [6.07, 6.45) is -3.18. The second-order valence-electron chi connectivity index (χ2n) is 8.52. The Morgan fingerprint density at radius 3 is 2.69 bits per heavy atom. The lowest BCUT2D eigenvalue weighted by molar-refractivity contribution is -0.167. The quantitative estimate of drug-likeness (QED) is 0.306. The first kappa shape index (κ1) is 25.5. The Labute approximate surface area is 217 Å². The molecule has 13 nitrogen and oxygen atoms in total. The molecule has 0 radical (unpaired) electrons. The number of nitrogens with one attached hydrogen (secondary N) is 3. The van der Waals surface area contributed by atoms with Crippen molar-refractivity contribution in [2.24, 2.45) is 0 Å². The van der Waals surface area contributed by atoms with Crippen LogP contribution in [0.25, 0.3) is 22.3 Å². The van der Waals surface area contributed by atoms with E-state index in [1.807, 2.05) is 0 Å². The normalized spacial score (nSPS) is 16.2. The molecule has 2 amide bonds. The number of halogens is 1. The number of amides is 2. The van der Waals surface area contributed by atoms with Gasteiger partial charge in [0.05, 0.1) is 12.2 Å². The number of benzene rings is 2. The summed E-state index contributed by atoms with van der Waals surface area (Å²) in [4.78, 5) is 68.6. The Kier molecular flexibility index (Phi) is 6.77. The highest BCUT2D eigenvalue weighted by atomic mass is 19.1. The van der Waals surface area contributed by atoms with E-state index in [9.17, 15) is 28.4 Å². The topological polar surface area (TPSA) is 177 Å². The molecule has 0 unspecified atom stereocenters. The molecule has 0 saturated carbocycles. The third kappa shape index (κ3) is 5.31. The number of H-pyrrole nitrogens is 2. The van der Waals surface area contributed by atoms with Gasteiger partial charge in [-0.1, -0.05) is 0 Å². The summed E-state index contributed by atoms with van der Waals surface area (Å²) in [6.45, 7) is 1.27. The third-order valence-corrected chi connectivity index (χ3v) is 5.90. The van der Waals surface area contributed by atoms with Crippen molar-refractivity contribution in [1.29, 1.82) is 0 Å². The molecule has 1 aliphatic heterocycles. The van der Waals surface area contributed by atoms with E-state index in [1.54, 1.807) is 24.3 Å². The Bertz CT molecular complexity index is 1710. The number of hydrogen-bond donors (Lipinski definition) is 3. The second kappa shape index (κ2) is 10.3. The lowest BCUT2D eigenvalue weighted by Gasteiger charge is -2.35. The second-order valence-corrected chi connectivity index (χ2v) is 8.52. The largest absolute Gasteiger partial charge is 0.460 e. The minimum atomic E-state index is -1.69. The van der Waals surface area contributed by atoms with E-state index in [-0.39, 0.29) is 35.8 Å². The highest BCUT2D eigenvalue weighted by Crippen LogP contribution is 2.26. The van der Waals surface area contributed by atoms with Gasteiger partial charge in [-0.3, -0.25) is 19.2 Å². The lowest BCUT2D eigenvalue weighted by Crippen LogP contribution is -2.56. The molecule has 1 fully saturated rings. The predicted molar refractivity (Wildman–Crippen MR) is 133 cm³/mol. The number of ether oxygens (including phenoxy) is 2. The van der Waals surface area contributed by atoms with E-state index in [1.165, 1.54) is 23.1 Å². The Balaban J connectivity index is 1.38. The van der Waals surface area contributed by atoms with Crippen molar-refractivity contribution in [3.63, 3.8) is 0 Å². The fourth-order valence-corrected chi connectivity index (χ4v) is 4.16. The molecule has 0 bridgehead atoms. The summed E-state index contributed by atoms with van der Waals surface area (Å²) in [7, 11) is 0. The van der Waals surface area contributed by atoms with Crippen LogP contribution in [0, 0.1) is 5.82 Å². The average molecular weight is 537 g/mol. The van der Waals surface area contributed by atoms with E-state index in [0.29, 0.717) is 16.6 Å². The number of anilines is 2. The zero-order valence-corrected chi connectivity index (χ0v) is 20.2. The summed E-state index contributed by atoms with van der Waals surface area (Å²) in [5.74, 6) is -4.32. The maximum atomic E-state index is 14.7. The summed E-state index contributed by atoms with van der Waals surface area (Å²) < 4.78 is 29.8. The van der Waals surface area contributed by atoms with Crippen LogP contribution in [0.4, 0.5) is 15.8 Å². The number of rotatable bonds is 6. The molecule has 3 heterocycles. The summed E-state index contributed by atoms with van der Waals surface area (Å²) in [5.41, 5.74) is 0.687. The molecule has 2 aromatic carbocycles. The monoisotopic (exact) mass is 537 g/mol. The minimum absolute atomic E-state index is 0.0205. The van der Waals surface area contributed by atoms with Gasteiger partial charge in [-0.05, 0) is 42.5 Å². The van der Waals surface area contributed by atoms with E-state index >= 15 is 0 Å². The number of carbonyl (C=O) groups excluding carboxylic acids is 3. The minimum Gasteiger partial charge on any atom is -0.449 e. The summed E-state index contributed by atoms with van der Waals surface area (Å²) >= 11 is 0. The Morgan fingerprint density at radius 1 is 1.15 bits per heavy atom. The summed E-state index contributed by atoms with van der Waals surface area (Å²) in [6, 6.07) is 11.5. The molecule has 1 aliphatic rings. The molecule has 4 aromatic rings. The highest BCUT2D eigenvalue weighted by molar-refractivity contribution is 6.05. The van der Waals surface area contributed by atoms with Crippen LogP contribution in [0.15, 0.2) is 62.6 Å². The molecular formula is C25H20FN5O8. The van der Waals surface area contributed by atoms with Gasteiger partial charge in [0.1, 0.15) is 5.82 Å². The Morgan fingerprint density at radius 2 is 1.97 bits per heavy atom. The molecule has 3 N–H and O–H groups in total. The standard InChI is InChI=1S/C25H20FN5O8/c1-12(32)38-20(23(34)27-14-3-5-16(17(26)11-14)22-29-25(36)39-30-22)21-24(35)31(8-9-37-21)15-4-6-18-13(10-15)2-7-19(33)28-18/h2-7,10-11,20-21H,8-9H2,1H3,(H,27,34)(H,28,33)(H,29,30,36)/t20-,21-/m1/s1. The smallest absolute Gasteiger partial charge is 0.449 e. The maximum absolute atomic E-state index is 14.7. The number of esters is 1. The fourth-order valence-electron chi connectivity index (χ4n) is 4.16. The lowest BCUT2D eigenvalue weighted by atomic mass is 10.1. The average Bonchev–Trinajstić information content (AvgIpc) is 3.33. The van der Waals surface area contributed by atoms with Crippen LogP contribution in [-0.2, 0) is 23.9 Å². The number of pyridine rings is 1. The van der Waals surface area contributed by atoms with Gasteiger partial charge < -0.3 is 29.2 Å². The van der Waals surface area contributed by atoms with Crippen LogP contribution in [0.5, 0.6) is 0 Å². The van der Waals surface area contributed by atoms with Gasteiger partial charge in [0, 0.05) is 41.8 Å². The predicted octanol–water partition coefficient (Wildman–Crippen LogP) is 1.31. The summed E-state index contributed by atoms with van der Waals surface area (Å²) in [5, 5.41) is 5.28. The van der Waals surface area contributed by atoms with Crippen LogP contribution in [-0.4, -0.2) is 58.3 Å². The zero-order valence-electron chi connectivity index (χ0n) is 20.2. The molecule has 2 aromatic heterocycles. The van der Waals surface area contributed by atoms with Gasteiger partial charge >= 0.3 is 11.7 Å². The van der Waals surface area contributed by atoms with Crippen LogP contribution in [0.3, 0.4) is 0 Å². The zero-order chi connectivity index (χ0) is 27.7. The van der Waals surface area contributed by atoms with Gasteiger partial charge in [-0.2, -0.15) is 10.1 Å². The first-order valence-electron chi connectivity index (χ1n) is 11.6. The first-order chi connectivity index (χ1) is 18.7. The number of fused-ring (bicyclic) bond motifs is 1. The molecule has 2 atom stereocenters. The third-order valence-electron chi connectivity index (χ3n) is 5.90. The van der Waals surface area contributed by atoms with Gasteiger partial charge in [-0.15, -0.1) is 0 Å². The number of nitrogens with zero attached hydrogens (tertiary/aromatic N) is 2. The van der Waals surface area contributed by atoms with Crippen molar-refractivity contribution in [3.8, 4) is 11.4 Å². The number of morpholine rings is 1. The van der Waals surface area contributed by atoms with Crippen molar-refractivity contribution in [2.45, 2.75) is 19.1 Å². The molecule has 5 rings (SSSR count). The molecule has 14 heteroatoms. The molecule has 200 valence electrons. The first-order valence-corrected chi connectivity index (χ1v) is 11.6. The number of aromatic nitrogens is 3. The molecule has 0 aliphatic carbocycles. The van der Waals surface area contributed by atoms with Gasteiger partial charge in [0.15, 0.2) is 11.9 Å². The van der Waals surface area contributed by atoms with Crippen molar-refractivity contribution < 1.29 is 32.8 Å². The van der Waals surface area contributed by atoms with Crippen molar-refractivity contribution in [1.82, 2.24) is 15.1 Å². The van der Waals surface area contributed by atoms with Crippen LogP contribution >= 0.6 is 0 Å². The molecular weight excluding hydrogens is 517 g/mol. The maximum Gasteiger partial charge on any atom is 0.460 e. The fraction of sp³-hybridized carbons (Fsp3) is 0.200. The van der Waals surface area contributed by atoms with Gasteiger partial charge in [0.25, 0.3) is 11.8 Å². The van der Waals surface area contributed by atoms with Crippen molar-refractivity contribution in [3.05, 3.63) is 75.3 Å². The van der Waals surface area contributed by atoms with Gasteiger partial charge in [-0.25, -0.2) is 9.18 Å². The van der Waals surface area contributed by atoms with E-state index in [4.69, 9.17) is 9.47 Å². The van der Waals surface area contributed by atoms with Crippen molar-refractivity contribution >= 4 is 40.1 Å². The van der Waals surface area contributed by atoms with Crippen LogP contribution in [0.2, 0.25) is 0 Å². The molecule has 39 heavy (non-hydrogen) atoms. The van der Waals surface area contributed by atoms with E-state index < -0.39 is 41.6 Å². The highest BCUT2D eigenvalue weighted by Gasteiger charge is 2.42. The molecule has 1 saturated heterocycles. The Hall–Kier alpha value is -5.11.